The molecule has 0 aliphatic heterocycles. The highest BCUT2D eigenvalue weighted by Crippen LogP contribution is 2.35. The Morgan fingerprint density at radius 2 is 2.00 bits per heavy atom. The van der Waals surface area contributed by atoms with E-state index in [-0.39, 0.29) is 11.9 Å². The van der Waals surface area contributed by atoms with E-state index in [0.29, 0.717) is 22.9 Å². The normalized spacial score (nSPS) is 15.5. The van der Waals surface area contributed by atoms with E-state index in [2.05, 4.69) is 38.7 Å². The standard InChI is InChI=1S/C24H24N4O3/c1-30-14-10-11-17(22(12-14)31-2)20-13-21(28-27-20)24(29)26-19-9-5-7-16-15-6-3-4-8-18(15)25-23(16)19/h3-4,6,8,10-13,19,25H,5,7,9H2,1-2H3,(H,26,29)(H,27,28)/t19-/m1/s1. The molecule has 31 heavy (non-hydrogen) atoms. The molecule has 1 aliphatic carbocycles. The van der Waals surface area contributed by atoms with Crippen molar-refractivity contribution in [3.8, 4) is 22.8 Å². The summed E-state index contributed by atoms with van der Waals surface area (Å²) in [5.74, 6) is 1.15. The second kappa shape index (κ2) is 7.83. The number of hydrogen-bond donors (Lipinski definition) is 3. The number of para-hydroxylation sites is 1. The van der Waals surface area contributed by atoms with E-state index in [1.807, 2.05) is 18.2 Å². The van der Waals surface area contributed by atoms with Gasteiger partial charge in [-0.05, 0) is 49.1 Å². The largest absolute Gasteiger partial charge is 0.497 e. The molecule has 0 unspecified atom stereocenters. The maximum Gasteiger partial charge on any atom is 0.269 e. The number of carbonyl (C=O) groups excluding carboxylic acids is 1. The molecule has 7 heteroatoms. The number of rotatable bonds is 5. The molecular weight excluding hydrogens is 392 g/mol. The Kier molecular flexibility index (Phi) is 4.86. The van der Waals surface area contributed by atoms with Crippen LogP contribution in [0.2, 0.25) is 0 Å². The van der Waals surface area contributed by atoms with Gasteiger partial charge in [-0.25, -0.2) is 0 Å². The minimum Gasteiger partial charge on any atom is -0.497 e. The second-order valence-electron chi connectivity index (χ2n) is 7.71. The van der Waals surface area contributed by atoms with Crippen LogP contribution in [0.15, 0.2) is 48.5 Å². The quantitative estimate of drug-likeness (QED) is 0.450. The number of benzene rings is 2. The summed E-state index contributed by atoms with van der Waals surface area (Å²) in [5, 5.41) is 11.6. The van der Waals surface area contributed by atoms with Crippen LogP contribution in [-0.4, -0.2) is 35.3 Å². The lowest BCUT2D eigenvalue weighted by atomic mass is 9.91. The Bertz CT molecular complexity index is 1260. The highest BCUT2D eigenvalue weighted by molar-refractivity contribution is 5.94. The van der Waals surface area contributed by atoms with E-state index < -0.39 is 0 Å². The van der Waals surface area contributed by atoms with Gasteiger partial charge in [0.05, 0.1) is 26.0 Å². The van der Waals surface area contributed by atoms with Crippen molar-refractivity contribution in [3.05, 3.63) is 65.5 Å². The van der Waals surface area contributed by atoms with Gasteiger partial charge in [0.25, 0.3) is 5.91 Å². The summed E-state index contributed by atoms with van der Waals surface area (Å²) < 4.78 is 10.7. The van der Waals surface area contributed by atoms with Crippen LogP contribution >= 0.6 is 0 Å². The SMILES string of the molecule is COc1ccc(-c2cc(C(=O)N[C@@H]3CCCc4c3[nH]c3ccccc43)[nH]n2)c(OC)c1. The number of methoxy groups -OCH3 is 2. The third kappa shape index (κ3) is 3.42. The first-order chi connectivity index (χ1) is 15.2. The molecule has 0 spiro atoms. The van der Waals surface area contributed by atoms with Gasteiger partial charge >= 0.3 is 0 Å². The molecule has 1 aliphatic rings. The van der Waals surface area contributed by atoms with Gasteiger partial charge in [-0.15, -0.1) is 0 Å². The monoisotopic (exact) mass is 416 g/mol. The molecular formula is C24H24N4O3. The van der Waals surface area contributed by atoms with Crippen molar-refractivity contribution in [2.24, 2.45) is 0 Å². The van der Waals surface area contributed by atoms with Gasteiger partial charge in [-0.3, -0.25) is 9.89 Å². The third-order valence-electron chi connectivity index (χ3n) is 5.93. The average Bonchev–Trinajstić information content (AvgIpc) is 3.44. The van der Waals surface area contributed by atoms with E-state index in [9.17, 15) is 4.79 Å². The molecule has 0 saturated heterocycles. The number of nitrogens with zero attached hydrogens (tertiary/aromatic N) is 1. The maximum absolute atomic E-state index is 13.0. The zero-order valence-electron chi connectivity index (χ0n) is 17.5. The summed E-state index contributed by atoms with van der Waals surface area (Å²) >= 11 is 0. The van der Waals surface area contributed by atoms with Crippen molar-refractivity contribution >= 4 is 16.8 Å². The van der Waals surface area contributed by atoms with Gasteiger partial charge in [0, 0.05) is 28.2 Å². The maximum atomic E-state index is 13.0. The van der Waals surface area contributed by atoms with Crippen LogP contribution < -0.4 is 14.8 Å². The lowest BCUT2D eigenvalue weighted by Gasteiger charge is -2.23. The first-order valence-electron chi connectivity index (χ1n) is 10.4. The van der Waals surface area contributed by atoms with Crippen molar-refractivity contribution in [2.75, 3.05) is 14.2 Å². The highest BCUT2D eigenvalue weighted by atomic mass is 16.5. The molecule has 0 saturated carbocycles. The van der Waals surface area contributed by atoms with Gasteiger partial charge in [0.2, 0.25) is 0 Å². The number of carbonyl (C=O) groups is 1. The molecule has 3 N–H and O–H groups in total. The zero-order valence-corrected chi connectivity index (χ0v) is 17.5. The third-order valence-corrected chi connectivity index (χ3v) is 5.93. The summed E-state index contributed by atoms with van der Waals surface area (Å²) in [6, 6.07) is 15.5. The second-order valence-corrected chi connectivity index (χ2v) is 7.71. The van der Waals surface area contributed by atoms with Crippen molar-refractivity contribution in [1.82, 2.24) is 20.5 Å². The summed E-state index contributed by atoms with van der Waals surface area (Å²) in [6.07, 6.45) is 2.97. The number of nitrogens with one attached hydrogen (secondary N) is 3. The lowest BCUT2D eigenvalue weighted by Crippen LogP contribution is -2.31. The first-order valence-corrected chi connectivity index (χ1v) is 10.4. The van der Waals surface area contributed by atoms with Crippen molar-refractivity contribution in [2.45, 2.75) is 25.3 Å². The summed E-state index contributed by atoms with van der Waals surface area (Å²) in [6.45, 7) is 0. The fourth-order valence-corrected chi connectivity index (χ4v) is 4.38. The zero-order chi connectivity index (χ0) is 21.4. The molecule has 0 bridgehead atoms. The smallest absolute Gasteiger partial charge is 0.269 e. The van der Waals surface area contributed by atoms with Crippen molar-refractivity contribution in [3.63, 3.8) is 0 Å². The van der Waals surface area contributed by atoms with Crippen LogP contribution in [0.5, 0.6) is 11.5 Å². The van der Waals surface area contributed by atoms with E-state index >= 15 is 0 Å². The number of ether oxygens (including phenoxy) is 2. The van der Waals surface area contributed by atoms with Crippen LogP contribution in [0.1, 0.15) is 40.6 Å². The molecule has 7 nitrogen and oxygen atoms in total. The average molecular weight is 416 g/mol. The van der Waals surface area contributed by atoms with Gasteiger partial charge in [0.15, 0.2) is 0 Å². The van der Waals surface area contributed by atoms with Crippen molar-refractivity contribution in [1.29, 1.82) is 0 Å². The molecule has 4 aromatic rings. The van der Waals surface area contributed by atoms with Crippen molar-refractivity contribution < 1.29 is 14.3 Å². The van der Waals surface area contributed by atoms with E-state index in [1.165, 1.54) is 10.9 Å². The van der Waals surface area contributed by atoms with Gasteiger partial charge < -0.3 is 19.8 Å². The molecule has 1 atom stereocenters. The van der Waals surface area contributed by atoms with Crippen LogP contribution in [0.4, 0.5) is 0 Å². The number of H-pyrrole nitrogens is 2. The minimum absolute atomic E-state index is 0.0501. The van der Waals surface area contributed by atoms with Crippen LogP contribution in [0.25, 0.3) is 22.2 Å². The van der Waals surface area contributed by atoms with E-state index in [0.717, 1.165) is 36.0 Å². The lowest BCUT2D eigenvalue weighted by molar-refractivity contribution is 0.0927. The fourth-order valence-electron chi connectivity index (χ4n) is 4.38. The number of aromatic amines is 2. The summed E-state index contributed by atoms with van der Waals surface area (Å²) in [7, 11) is 3.20. The Hall–Kier alpha value is -3.74. The van der Waals surface area contributed by atoms with Gasteiger partial charge in [-0.2, -0.15) is 5.10 Å². The molecule has 158 valence electrons. The van der Waals surface area contributed by atoms with E-state index in [4.69, 9.17) is 9.47 Å². The number of fused-ring (bicyclic) bond motifs is 3. The molecule has 0 fully saturated rings. The molecule has 1 amide bonds. The predicted octanol–water partition coefficient (Wildman–Crippen LogP) is 4.38. The highest BCUT2D eigenvalue weighted by Gasteiger charge is 2.26. The van der Waals surface area contributed by atoms with Gasteiger partial charge in [-0.1, -0.05) is 18.2 Å². The topological polar surface area (TPSA) is 92.0 Å². The minimum atomic E-state index is -0.178. The number of aromatic nitrogens is 3. The van der Waals surface area contributed by atoms with Crippen LogP contribution in [-0.2, 0) is 6.42 Å². The number of aryl methyl sites for hydroxylation is 1. The predicted molar refractivity (Wildman–Crippen MR) is 119 cm³/mol. The summed E-state index contributed by atoms with van der Waals surface area (Å²) in [4.78, 5) is 16.5. The Balaban J connectivity index is 1.39. The molecule has 5 rings (SSSR count). The Labute approximate surface area is 179 Å². The van der Waals surface area contributed by atoms with Gasteiger partial charge in [0.1, 0.15) is 17.2 Å². The molecule has 2 heterocycles. The first kappa shape index (κ1) is 19.2. The molecule has 2 aromatic carbocycles. The number of amides is 1. The Morgan fingerprint density at radius 3 is 2.84 bits per heavy atom. The van der Waals surface area contributed by atoms with E-state index in [1.54, 1.807) is 26.4 Å². The number of hydrogen-bond acceptors (Lipinski definition) is 4. The molecule has 0 radical (unpaired) electrons. The fraction of sp³-hybridized carbons (Fsp3) is 0.250. The Morgan fingerprint density at radius 1 is 1.13 bits per heavy atom. The van der Waals surface area contributed by atoms with Crippen LogP contribution in [0, 0.1) is 0 Å². The van der Waals surface area contributed by atoms with Crippen LogP contribution in [0.3, 0.4) is 0 Å². The summed E-state index contributed by atoms with van der Waals surface area (Å²) in [5.41, 5.74) is 5.37. The molecule has 2 aromatic heterocycles.